The number of halogens is 1. The van der Waals surface area contributed by atoms with Gasteiger partial charge in [-0.3, -0.25) is 4.79 Å². The fourth-order valence-electron chi connectivity index (χ4n) is 3.42. The largest absolute Gasteiger partial charge is 0.383 e. The van der Waals surface area contributed by atoms with Crippen molar-refractivity contribution in [2.45, 2.75) is 26.4 Å². The number of benzene rings is 2. The maximum Gasteiger partial charge on any atom is 0.322 e. The molecule has 0 saturated carbocycles. The van der Waals surface area contributed by atoms with Crippen LogP contribution in [0.5, 0.6) is 0 Å². The standard InChI is InChI=1S/C26H30FN3O3S/c1-3-20-6-4-7-23(16-20)28-26(32)29(13-14-33-2)19-25(31)30(18-24-8-5-15-34-24)17-21-9-11-22(27)12-10-21/h4-12,15-16H,3,13-14,17-19H2,1-2H3,(H,28,32). The molecule has 0 atom stereocenters. The number of methoxy groups -OCH3 is 1. The molecule has 2 aromatic carbocycles. The van der Waals surface area contributed by atoms with E-state index < -0.39 is 0 Å². The van der Waals surface area contributed by atoms with Crippen LogP contribution in [0, 0.1) is 5.82 Å². The lowest BCUT2D eigenvalue weighted by molar-refractivity contribution is -0.133. The number of anilines is 1. The molecule has 0 aliphatic rings. The van der Waals surface area contributed by atoms with Crippen LogP contribution in [-0.2, 0) is 29.0 Å². The predicted octanol–water partition coefficient (Wildman–Crippen LogP) is 5.16. The van der Waals surface area contributed by atoms with Crippen LogP contribution in [0.25, 0.3) is 0 Å². The second-order valence-corrected chi connectivity index (χ2v) is 8.89. The summed E-state index contributed by atoms with van der Waals surface area (Å²) < 4.78 is 18.5. The van der Waals surface area contributed by atoms with Crippen LogP contribution in [0.3, 0.4) is 0 Å². The van der Waals surface area contributed by atoms with Crippen LogP contribution in [-0.4, -0.2) is 48.5 Å². The topological polar surface area (TPSA) is 61.9 Å². The van der Waals surface area contributed by atoms with Crippen LogP contribution in [0.2, 0.25) is 0 Å². The molecule has 1 heterocycles. The highest BCUT2D eigenvalue weighted by Crippen LogP contribution is 2.16. The molecule has 0 saturated heterocycles. The Morgan fingerprint density at radius 1 is 1.00 bits per heavy atom. The number of aryl methyl sites for hydroxylation is 1. The van der Waals surface area contributed by atoms with Crippen molar-refractivity contribution in [3.05, 3.63) is 87.9 Å². The molecule has 3 rings (SSSR count). The molecule has 0 aliphatic heterocycles. The number of urea groups is 1. The molecule has 3 amide bonds. The van der Waals surface area contributed by atoms with E-state index in [2.05, 4.69) is 5.32 Å². The molecule has 0 radical (unpaired) electrons. The normalized spacial score (nSPS) is 10.7. The van der Waals surface area contributed by atoms with Gasteiger partial charge in [0.05, 0.1) is 13.2 Å². The van der Waals surface area contributed by atoms with E-state index in [1.807, 2.05) is 48.7 Å². The number of rotatable bonds is 11. The summed E-state index contributed by atoms with van der Waals surface area (Å²) in [7, 11) is 1.56. The first kappa shape index (κ1) is 25.4. The fraction of sp³-hybridized carbons (Fsp3) is 0.308. The molecule has 1 aromatic heterocycles. The minimum Gasteiger partial charge on any atom is -0.383 e. The Morgan fingerprint density at radius 2 is 1.79 bits per heavy atom. The Morgan fingerprint density at radius 3 is 2.47 bits per heavy atom. The lowest BCUT2D eigenvalue weighted by Crippen LogP contribution is -2.45. The van der Waals surface area contributed by atoms with E-state index in [0.717, 1.165) is 22.4 Å². The summed E-state index contributed by atoms with van der Waals surface area (Å²) in [6.45, 7) is 3.24. The SMILES string of the molecule is CCc1cccc(NC(=O)N(CCOC)CC(=O)N(Cc2ccc(F)cc2)Cc2cccs2)c1. The fourth-order valence-corrected chi connectivity index (χ4v) is 4.14. The van der Waals surface area contributed by atoms with E-state index in [-0.39, 0.29) is 30.8 Å². The van der Waals surface area contributed by atoms with Crippen molar-refractivity contribution in [3.8, 4) is 0 Å². The first-order chi connectivity index (χ1) is 16.5. The number of thiophene rings is 1. The molecular weight excluding hydrogens is 453 g/mol. The van der Waals surface area contributed by atoms with Crippen LogP contribution < -0.4 is 5.32 Å². The van der Waals surface area contributed by atoms with E-state index in [4.69, 9.17) is 4.74 Å². The number of hydrogen-bond acceptors (Lipinski definition) is 4. The van der Waals surface area contributed by atoms with Crippen LogP contribution in [0.1, 0.15) is 22.9 Å². The summed E-state index contributed by atoms with van der Waals surface area (Å²) in [5.41, 5.74) is 2.61. The van der Waals surface area contributed by atoms with E-state index in [0.29, 0.717) is 25.4 Å². The van der Waals surface area contributed by atoms with Crippen molar-refractivity contribution in [3.63, 3.8) is 0 Å². The monoisotopic (exact) mass is 483 g/mol. The van der Waals surface area contributed by atoms with Gasteiger partial charge in [0.1, 0.15) is 12.4 Å². The molecule has 8 heteroatoms. The van der Waals surface area contributed by atoms with Crippen molar-refractivity contribution >= 4 is 29.0 Å². The van der Waals surface area contributed by atoms with Gasteiger partial charge in [0.15, 0.2) is 0 Å². The molecule has 0 bridgehead atoms. The Hall–Kier alpha value is -3.23. The minimum absolute atomic E-state index is 0.102. The zero-order valence-electron chi connectivity index (χ0n) is 19.5. The van der Waals surface area contributed by atoms with Gasteiger partial charge in [-0.05, 0) is 53.3 Å². The lowest BCUT2D eigenvalue weighted by atomic mass is 10.1. The van der Waals surface area contributed by atoms with E-state index in [1.165, 1.54) is 17.0 Å². The van der Waals surface area contributed by atoms with Crippen LogP contribution >= 0.6 is 11.3 Å². The molecule has 6 nitrogen and oxygen atoms in total. The Labute approximate surface area is 204 Å². The van der Waals surface area contributed by atoms with Crippen LogP contribution in [0.15, 0.2) is 66.0 Å². The molecule has 0 fully saturated rings. The third-order valence-electron chi connectivity index (χ3n) is 5.33. The number of carbonyl (C=O) groups excluding carboxylic acids is 2. The molecule has 3 aromatic rings. The number of ether oxygens (including phenoxy) is 1. The molecule has 0 aliphatic carbocycles. The van der Waals surface area contributed by atoms with E-state index >= 15 is 0 Å². The second-order valence-electron chi connectivity index (χ2n) is 7.85. The van der Waals surface area contributed by atoms with E-state index in [1.54, 1.807) is 35.5 Å². The highest BCUT2D eigenvalue weighted by Gasteiger charge is 2.22. The average molecular weight is 484 g/mol. The zero-order valence-corrected chi connectivity index (χ0v) is 20.3. The van der Waals surface area contributed by atoms with Gasteiger partial charge in [-0.1, -0.05) is 37.3 Å². The van der Waals surface area contributed by atoms with E-state index in [9.17, 15) is 14.0 Å². The van der Waals surface area contributed by atoms with Gasteiger partial charge in [-0.2, -0.15) is 0 Å². The van der Waals surface area contributed by atoms with Crippen molar-refractivity contribution in [2.24, 2.45) is 0 Å². The summed E-state index contributed by atoms with van der Waals surface area (Å²) >= 11 is 1.56. The Bertz CT molecular complexity index is 1060. The molecule has 0 spiro atoms. The van der Waals surface area contributed by atoms with Crippen molar-refractivity contribution in [2.75, 3.05) is 32.1 Å². The van der Waals surface area contributed by atoms with Gasteiger partial charge in [0, 0.05) is 30.8 Å². The van der Waals surface area contributed by atoms with Gasteiger partial charge >= 0.3 is 6.03 Å². The smallest absolute Gasteiger partial charge is 0.322 e. The quantitative estimate of drug-likeness (QED) is 0.410. The molecule has 0 unspecified atom stereocenters. The first-order valence-corrected chi connectivity index (χ1v) is 12.0. The maximum absolute atomic E-state index is 13.4. The van der Waals surface area contributed by atoms with Gasteiger partial charge < -0.3 is 19.9 Å². The predicted molar refractivity (Wildman–Crippen MR) is 133 cm³/mol. The summed E-state index contributed by atoms with van der Waals surface area (Å²) in [6, 6.07) is 17.3. The molecule has 34 heavy (non-hydrogen) atoms. The van der Waals surface area contributed by atoms with Gasteiger partial charge in [0.2, 0.25) is 5.91 Å². The average Bonchev–Trinajstić information content (AvgIpc) is 3.35. The van der Waals surface area contributed by atoms with Gasteiger partial charge in [0.25, 0.3) is 0 Å². The third-order valence-corrected chi connectivity index (χ3v) is 6.19. The number of amides is 3. The van der Waals surface area contributed by atoms with Crippen molar-refractivity contribution in [1.29, 1.82) is 0 Å². The van der Waals surface area contributed by atoms with Crippen molar-refractivity contribution in [1.82, 2.24) is 9.80 Å². The highest BCUT2D eigenvalue weighted by atomic mass is 32.1. The molecule has 180 valence electrons. The second kappa shape index (κ2) is 12.9. The summed E-state index contributed by atoms with van der Waals surface area (Å²) in [5, 5.41) is 4.85. The zero-order chi connectivity index (χ0) is 24.3. The van der Waals surface area contributed by atoms with Gasteiger partial charge in [-0.25, -0.2) is 9.18 Å². The maximum atomic E-state index is 13.4. The minimum atomic E-state index is -0.364. The molecule has 1 N–H and O–H groups in total. The first-order valence-electron chi connectivity index (χ1n) is 11.2. The number of nitrogens with zero attached hydrogens (tertiary/aromatic N) is 2. The van der Waals surface area contributed by atoms with Crippen LogP contribution in [0.4, 0.5) is 14.9 Å². The Kier molecular flexibility index (Phi) is 9.61. The number of nitrogens with one attached hydrogen (secondary N) is 1. The third kappa shape index (κ3) is 7.67. The number of carbonyl (C=O) groups is 2. The summed E-state index contributed by atoms with van der Waals surface area (Å²) in [5.74, 6) is -0.527. The Balaban J connectivity index is 1.74. The summed E-state index contributed by atoms with van der Waals surface area (Å²) in [4.78, 5) is 30.6. The summed E-state index contributed by atoms with van der Waals surface area (Å²) in [6.07, 6.45) is 0.858. The number of hydrogen-bond donors (Lipinski definition) is 1. The lowest BCUT2D eigenvalue weighted by Gasteiger charge is -2.28. The highest BCUT2D eigenvalue weighted by molar-refractivity contribution is 7.09. The van der Waals surface area contributed by atoms with Crippen molar-refractivity contribution < 1.29 is 18.7 Å². The van der Waals surface area contributed by atoms with Gasteiger partial charge in [-0.15, -0.1) is 11.3 Å². The molecular formula is C26H30FN3O3S.